The molecular formula is C93H90O18. The van der Waals surface area contributed by atoms with Gasteiger partial charge in [-0.25, -0.2) is 0 Å². The van der Waals surface area contributed by atoms with E-state index < -0.39 is 0 Å². The first-order chi connectivity index (χ1) is 53.7. The van der Waals surface area contributed by atoms with Crippen molar-refractivity contribution in [2.45, 2.75) is 75.0 Å². The highest BCUT2D eigenvalue weighted by Gasteiger charge is 2.40. The summed E-state index contributed by atoms with van der Waals surface area (Å²) >= 11 is 0. The van der Waals surface area contributed by atoms with Crippen LogP contribution >= 0.6 is 0 Å². The first-order valence-corrected chi connectivity index (χ1v) is 36.5. The molecular weight excluding hydrogens is 1410 g/mol. The zero-order chi connectivity index (χ0) is 78.3. The largest absolute Gasteiger partial charge is 0.508 e. The number of phenolic OH excluding ortho intramolecular Hbond substituents is 9. The molecule has 8 atom stereocenters. The van der Waals surface area contributed by atoms with Crippen molar-refractivity contribution >= 4 is 0 Å². The smallest absolute Gasteiger partial charge is 0.157 e. The number of fused-ring (bicyclic) bond motifs is 4. The normalized spacial score (nSPS) is 18.2. The summed E-state index contributed by atoms with van der Waals surface area (Å²) in [5.41, 5.74) is 15.4. The van der Waals surface area contributed by atoms with Crippen LogP contribution < -0.4 is 42.6 Å². The van der Waals surface area contributed by atoms with Crippen LogP contribution in [0, 0.1) is 27.7 Å². The van der Waals surface area contributed by atoms with E-state index in [2.05, 4.69) is 36.4 Å². The lowest BCUT2D eigenvalue weighted by Crippen LogP contribution is -2.25. The van der Waals surface area contributed by atoms with Crippen LogP contribution in [-0.2, 0) is 0 Å². The molecule has 12 aromatic rings. The Morgan fingerprint density at radius 1 is 0.234 bits per heavy atom. The van der Waals surface area contributed by atoms with Crippen molar-refractivity contribution in [1.29, 1.82) is 0 Å². The van der Waals surface area contributed by atoms with E-state index in [1.807, 2.05) is 149 Å². The SMILES string of the molecule is COc1ccc(C2c3ccc(O)c(C)c3OCC2c2ccc(O)c(O)c2)cc1.COc1ccc(C2c3ccc(O)c(C)c3OCC2c2ccc(O)c(O)c2)cc1.COc1ccc(C2c3ccc(O)c(C)c3OCC2c2cccc(O)c2)cc1.COc1ccc(C2c3ccc(O)c(C)c3OCC2c2cccc(OC)c2)cc1. The number of benzene rings is 12. The van der Waals surface area contributed by atoms with Gasteiger partial charge in [-0.2, -0.15) is 0 Å². The van der Waals surface area contributed by atoms with Gasteiger partial charge in [0, 0.05) is 91.9 Å². The predicted octanol–water partition coefficient (Wildman–Crippen LogP) is 18.6. The molecule has 0 amide bonds. The number of aromatic hydroxyl groups is 9. The number of ether oxygens (including phenoxy) is 9. The van der Waals surface area contributed by atoms with Gasteiger partial charge in [0.2, 0.25) is 0 Å². The maximum atomic E-state index is 10.1. The van der Waals surface area contributed by atoms with Crippen LogP contribution in [0.4, 0.5) is 0 Å². The molecule has 0 aromatic heterocycles. The summed E-state index contributed by atoms with van der Waals surface area (Å²) in [4.78, 5) is 0. The van der Waals surface area contributed by atoms with Crippen LogP contribution in [0.2, 0.25) is 0 Å². The minimum atomic E-state index is -0.154. The maximum Gasteiger partial charge on any atom is 0.157 e. The molecule has 0 radical (unpaired) electrons. The van der Waals surface area contributed by atoms with E-state index in [0.717, 1.165) is 113 Å². The molecule has 0 saturated carbocycles. The molecule has 111 heavy (non-hydrogen) atoms. The van der Waals surface area contributed by atoms with Gasteiger partial charge in [0.1, 0.15) is 80.5 Å². The summed E-state index contributed by atoms with van der Waals surface area (Å²) < 4.78 is 50.9. The highest BCUT2D eigenvalue weighted by Crippen LogP contribution is 2.55. The van der Waals surface area contributed by atoms with Gasteiger partial charge >= 0.3 is 0 Å². The molecule has 8 unspecified atom stereocenters. The van der Waals surface area contributed by atoms with E-state index in [4.69, 9.17) is 42.6 Å². The Balaban J connectivity index is 0.000000130. The first-order valence-electron chi connectivity index (χ1n) is 36.5. The Hall–Kier alpha value is -13.0. The zero-order valence-electron chi connectivity index (χ0n) is 63.1. The number of methoxy groups -OCH3 is 5. The summed E-state index contributed by atoms with van der Waals surface area (Å²) in [6.45, 7) is 9.21. The monoisotopic (exact) mass is 1490 g/mol. The van der Waals surface area contributed by atoms with Crippen molar-refractivity contribution in [3.63, 3.8) is 0 Å². The molecule has 4 heterocycles. The highest BCUT2D eigenvalue weighted by molar-refractivity contribution is 5.61. The van der Waals surface area contributed by atoms with Crippen LogP contribution in [-0.4, -0.2) is 108 Å². The van der Waals surface area contributed by atoms with E-state index in [1.54, 1.807) is 96.2 Å². The average Bonchev–Trinajstić information content (AvgIpc) is 0.780. The molecule has 12 aromatic carbocycles. The molecule has 16 rings (SSSR count). The predicted molar refractivity (Wildman–Crippen MR) is 424 cm³/mol. The lowest BCUT2D eigenvalue weighted by molar-refractivity contribution is 0.245. The standard InChI is InChI=1S/C24H24O4.2C23H22O5.C23H22O4/c1-15-22(25)12-11-20-23(16-7-9-18(26-2)10-8-16)21(14-28-24(15)20)17-5-4-6-19(13-17)27-3;2*1-13-19(24)10-8-17-22(14-3-6-16(27-2)7-4-14)18(12-28-23(13)17)15-5-9-20(25)21(26)11-15;1-14-21(25)11-10-19-22(15-6-8-18(26-2)9-7-15)20(13-27-23(14)19)16-4-3-5-17(24)12-16/h4-13,21,23,25H,14H2,1-3H3;2*3-11,18,22,24-26H,12H2,1-2H3;3-12,20,22,24-25H,13H2,1-2H3. The molecule has 0 fully saturated rings. The third-order valence-electron chi connectivity index (χ3n) is 21.8. The van der Waals surface area contributed by atoms with Crippen molar-refractivity contribution in [3.8, 4) is 103 Å². The lowest BCUT2D eigenvalue weighted by Gasteiger charge is -2.35. The van der Waals surface area contributed by atoms with Gasteiger partial charge in [0.25, 0.3) is 0 Å². The fourth-order valence-corrected chi connectivity index (χ4v) is 15.7. The molecule has 0 saturated heterocycles. The van der Waals surface area contributed by atoms with Crippen molar-refractivity contribution in [3.05, 3.63) is 320 Å². The molecule has 9 N–H and O–H groups in total. The molecule has 18 heteroatoms. The van der Waals surface area contributed by atoms with E-state index in [-0.39, 0.29) is 99.1 Å². The average molecular weight is 1500 g/mol. The summed E-state index contributed by atoms with van der Waals surface area (Å²) in [5.74, 6) is 7.53. The third kappa shape index (κ3) is 15.9. The number of hydrogen-bond donors (Lipinski definition) is 9. The first kappa shape index (κ1) is 76.2. The summed E-state index contributed by atoms with van der Waals surface area (Å²) in [5, 5.41) is 89.7. The number of phenols is 9. The third-order valence-corrected chi connectivity index (χ3v) is 21.8. The van der Waals surface area contributed by atoms with E-state index >= 15 is 0 Å². The van der Waals surface area contributed by atoms with Crippen molar-refractivity contribution in [2.24, 2.45) is 0 Å². The summed E-state index contributed by atoms with van der Waals surface area (Å²) in [6.07, 6.45) is 0. The second kappa shape index (κ2) is 33.3. The molecule has 0 bridgehead atoms. The second-order valence-electron chi connectivity index (χ2n) is 28.1. The van der Waals surface area contributed by atoms with Crippen molar-refractivity contribution < 1.29 is 88.6 Å². The van der Waals surface area contributed by atoms with Gasteiger partial charge in [-0.1, -0.05) is 109 Å². The maximum absolute atomic E-state index is 10.1. The van der Waals surface area contributed by atoms with Gasteiger partial charge in [-0.3, -0.25) is 0 Å². The van der Waals surface area contributed by atoms with Crippen LogP contribution in [0.15, 0.2) is 231 Å². The van der Waals surface area contributed by atoms with Crippen LogP contribution in [0.5, 0.6) is 103 Å². The summed E-state index contributed by atoms with van der Waals surface area (Å²) in [7, 11) is 8.27. The van der Waals surface area contributed by atoms with Gasteiger partial charge in [0.05, 0.1) is 62.0 Å². The Morgan fingerprint density at radius 2 is 0.477 bits per heavy atom. The van der Waals surface area contributed by atoms with Crippen LogP contribution in [0.1, 0.15) is 136 Å². The van der Waals surface area contributed by atoms with Gasteiger partial charge in [0.15, 0.2) is 23.0 Å². The summed E-state index contributed by atoms with van der Waals surface area (Å²) in [6, 6.07) is 71.8. The van der Waals surface area contributed by atoms with E-state index in [0.29, 0.717) is 49.1 Å². The minimum Gasteiger partial charge on any atom is -0.508 e. The van der Waals surface area contributed by atoms with Crippen molar-refractivity contribution in [2.75, 3.05) is 62.0 Å². The van der Waals surface area contributed by atoms with Crippen LogP contribution in [0.25, 0.3) is 0 Å². The lowest BCUT2D eigenvalue weighted by atomic mass is 9.75. The molecule has 18 nitrogen and oxygen atoms in total. The van der Waals surface area contributed by atoms with Gasteiger partial charge < -0.3 is 88.6 Å². The fourth-order valence-electron chi connectivity index (χ4n) is 15.7. The quantitative estimate of drug-likeness (QED) is 0.0486. The Bertz CT molecular complexity index is 5110. The zero-order valence-corrected chi connectivity index (χ0v) is 63.1. The highest BCUT2D eigenvalue weighted by atomic mass is 16.5. The van der Waals surface area contributed by atoms with Crippen LogP contribution in [0.3, 0.4) is 0 Å². The topological polar surface area (TPSA) is 265 Å². The Labute approximate surface area is 645 Å². The second-order valence-corrected chi connectivity index (χ2v) is 28.1. The molecule has 0 spiro atoms. The molecule has 4 aliphatic heterocycles. The van der Waals surface area contributed by atoms with Gasteiger partial charge in [-0.05, 0) is 194 Å². The number of rotatable bonds is 13. The Kier molecular flexibility index (Phi) is 22.8. The minimum absolute atomic E-state index is 0.0424. The van der Waals surface area contributed by atoms with Gasteiger partial charge in [-0.15, -0.1) is 0 Å². The van der Waals surface area contributed by atoms with Crippen molar-refractivity contribution in [1.82, 2.24) is 0 Å². The molecule has 4 aliphatic rings. The number of hydrogen-bond acceptors (Lipinski definition) is 18. The van der Waals surface area contributed by atoms with E-state index in [1.165, 1.54) is 17.7 Å². The van der Waals surface area contributed by atoms with E-state index in [9.17, 15) is 46.0 Å². The molecule has 0 aliphatic carbocycles. The Morgan fingerprint density at radius 3 is 0.739 bits per heavy atom. The molecule has 570 valence electrons. The fraction of sp³-hybridized carbons (Fsp3) is 0.226.